The highest BCUT2D eigenvalue weighted by atomic mass is 16.3. The van der Waals surface area contributed by atoms with Crippen LogP contribution in [-0.2, 0) is 13.1 Å². The van der Waals surface area contributed by atoms with E-state index in [1.807, 2.05) is 6.92 Å². The van der Waals surface area contributed by atoms with E-state index in [9.17, 15) is 5.11 Å². The summed E-state index contributed by atoms with van der Waals surface area (Å²) in [5, 5.41) is 13.7. The summed E-state index contributed by atoms with van der Waals surface area (Å²) in [7, 11) is 0. The van der Waals surface area contributed by atoms with E-state index >= 15 is 0 Å². The Labute approximate surface area is 103 Å². The minimum Gasteiger partial charge on any atom is -0.396 e. The summed E-state index contributed by atoms with van der Waals surface area (Å²) >= 11 is 0. The minimum absolute atomic E-state index is 0.322. The van der Waals surface area contributed by atoms with Gasteiger partial charge in [-0.3, -0.25) is 9.58 Å². The third-order valence-electron chi connectivity index (χ3n) is 3.53. The molecule has 1 aromatic rings. The van der Waals surface area contributed by atoms with Gasteiger partial charge in [-0.15, -0.1) is 0 Å². The van der Waals surface area contributed by atoms with Crippen molar-refractivity contribution < 1.29 is 5.11 Å². The Hall–Kier alpha value is -0.870. The Bertz CT molecular complexity index is 362. The van der Waals surface area contributed by atoms with Gasteiger partial charge >= 0.3 is 0 Å². The van der Waals surface area contributed by atoms with E-state index in [0.717, 1.165) is 31.9 Å². The first kappa shape index (κ1) is 12.6. The lowest BCUT2D eigenvalue weighted by molar-refractivity contribution is 0.114. The number of piperidine rings is 1. The van der Waals surface area contributed by atoms with Crippen LogP contribution in [0.4, 0.5) is 0 Å². The van der Waals surface area contributed by atoms with Crippen molar-refractivity contribution in [3.05, 3.63) is 17.5 Å². The van der Waals surface area contributed by atoms with Gasteiger partial charge in [0.25, 0.3) is 0 Å². The molecule has 0 bridgehead atoms. The summed E-state index contributed by atoms with van der Waals surface area (Å²) in [6.07, 6.45) is 2.36. The summed E-state index contributed by atoms with van der Waals surface area (Å²) in [5.41, 5.74) is 2.39. The summed E-state index contributed by atoms with van der Waals surface area (Å²) in [6.45, 7) is 8.55. The van der Waals surface area contributed by atoms with Gasteiger partial charge < -0.3 is 5.11 Å². The largest absolute Gasteiger partial charge is 0.396 e. The molecule has 1 aromatic heterocycles. The third kappa shape index (κ3) is 3.07. The molecule has 0 amide bonds. The van der Waals surface area contributed by atoms with E-state index < -0.39 is 0 Å². The van der Waals surface area contributed by atoms with Crippen molar-refractivity contribution in [1.29, 1.82) is 0 Å². The van der Waals surface area contributed by atoms with Crippen LogP contribution in [-0.4, -0.2) is 39.5 Å². The van der Waals surface area contributed by atoms with Crippen molar-refractivity contribution in [3.63, 3.8) is 0 Å². The lowest BCUT2D eigenvalue weighted by Crippen LogP contribution is -2.36. The van der Waals surface area contributed by atoms with Crippen molar-refractivity contribution >= 4 is 0 Å². The zero-order chi connectivity index (χ0) is 12.3. The Kier molecular flexibility index (Phi) is 4.18. The summed E-state index contributed by atoms with van der Waals surface area (Å²) in [4.78, 5) is 2.44. The number of nitrogens with zero attached hydrogens (tertiary/aromatic N) is 3. The van der Waals surface area contributed by atoms with Crippen LogP contribution in [0.25, 0.3) is 0 Å². The summed E-state index contributed by atoms with van der Waals surface area (Å²) in [6, 6.07) is 2.17. The molecule has 4 heteroatoms. The van der Waals surface area contributed by atoms with Gasteiger partial charge in [-0.05, 0) is 45.2 Å². The maximum absolute atomic E-state index is 9.24. The van der Waals surface area contributed by atoms with Crippen LogP contribution in [0.1, 0.15) is 31.2 Å². The van der Waals surface area contributed by atoms with Gasteiger partial charge in [0.2, 0.25) is 0 Å². The van der Waals surface area contributed by atoms with Gasteiger partial charge in [0.05, 0.1) is 11.4 Å². The molecule has 0 spiro atoms. The highest BCUT2D eigenvalue weighted by molar-refractivity contribution is 5.09. The Balaban J connectivity index is 1.99. The quantitative estimate of drug-likeness (QED) is 0.861. The average molecular weight is 237 g/mol. The average Bonchev–Trinajstić information content (AvgIpc) is 2.69. The van der Waals surface area contributed by atoms with Crippen LogP contribution in [0, 0.1) is 12.8 Å². The van der Waals surface area contributed by atoms with Crippen LogP contribution in [0.2, 0.25) is 0 Å². The predicted octanol–water partition coefficient (Wildman–Crippen LogP) is 1.42. The van der Waals surface area contributed by atoms with Gasteiger partial charge in [-0.25, -0.2) is 0 Å². The first-order valence-electron chi connectivity index (χ1n) is 6.59. The Morgan fingerprint density at radius 1 is 1.53 bits per heavy atom. The molecule has 0 aromatic carbocycles. The minimum atomic E-state index is 0.322. The maximum Gasteiger partial charge on any atom is 0.0597 e. The zero-order valence-electron chi connectivity index (χ0n) is 10.9. The van der Waals surface area contributed by atoms with Crippen molar-refractivity contribution in [1.82, 2.24) is 14.7 Å². The van der Waals surface area contributed by atoms with Crippen LogP contribution in [0.3, 0.4) is 0 Å². The lowest BCUT2D eigenvalue weighted by Gasteiger charge is -2.31. The lowest BCUT2D eigenvalue weighted by atomic mass is 9.99. The second-order valence-corrected chi connectivity index (χ2v) is 5.02. The van der Waals surface area contributed by atoms with Crippen LogP contribution < -0.4 is 0 Å². The molecule has 1 aliphatic heterocycles. The SMILES string of the molecule is CCn1nc(C)cc1CN1CCCC(CO)C1. The first-order valence-corrected chi connectivity index (χ1v) is 6.59. The van der Waals surface area contributed by atoms with Crippen LogP contribution >= 0.6 is 0 Å². The topological polar surface area (TPSA) is 41.3 Å². The van der Waals surface area contributed by atoms with E-state index in [-0.39, 0.29) is 0 Å². The summed E-state index contributed by atoms with van der Waals surface area (Å²) < 4.78 is 2.08. The number of aliphatic hydroxyl groups is 1. The zero-order valence-corrected chi connectivity index (χ0v) is 10.9. The molecule has 1 aliphatic rings. The number of rotatable bonds is 4. The van der Waals surface area contributed by atoms with Crippen molar-refractivity contribution in [2.75, 3.05) is 19.7 Å². The molecular weight excluding hydrogens is 214 g/mol. The molecule has 1 N–H and O–H groups in total. The first-order chi connectivity index (χ1) is 8.22. The van der Waals surface area contributed by atoms with Gasteiger partial charge in [-0.1, -0.05) is 0 Å². The number of likely N-dealkylation sites (tertiary alicyclic amines) is 1. The molecule has 17 heavy (non-hydrogen) atoms. The molecule has 2 heterocycles. The normalized spacial score (nSPS) is 21.9. The third-order valence-corrected chi connectivity index (χ3v) is 3.53. The van der Waals surface area contributed by atoms with Gasteiger partial charge in [0.1, 0.15) is 0 Å². The molecule has 0 aliphatic carbocycles. The van der Waals surface area contributed by atoms with E-state index in [1.165, 1.54) is 18.5 Å². The second kappa shape index (κ2) is 5.65. The van der Waals surface area contributed by atoms with Gasteiger partial charge in [0, 0.05) is 26.2 Å². The maximum atomic E-state index is 9.24. The van der Waals surface area contributed by atoms with E-state index in [4.69, 9.17) is 0 Å². The fourth-order valence-electron chi connectivity index (χ4n) is 2.67. The number of hydrogen-bond donors (Lipinski definition) is 1. The highest BCUT2D eigenvalue weighted by Gasteiger charge is 2.20. The van der Waals surface area contributed by atoms with Gasteiger partial charge in [0.15, 0.2) is 0 Å². The van der Waals surface area contributed by atoms with Crippen LogP contribution in [0.15, 0.2) is 6.07 Å². The van der Waals surface area contributed by atoms with E-state index in [0.29, 0.717) is 12.5 Å². The number of aryl methyl sites for hydroxylation is 2. The smallest absolute Gasteiger partial charge is 0.0597 e. The summed E-state index contributed by atoms with van der Waals surface area (Å²) in [5.74, 6) is 0.461. The van der Waals surface area contributed by atoms with E-state index in [1.54, 1.807) is 0 Å². The predicted molar refractivity (Wildman–Crippen MR) is 67.7 cm³/mol. The van der Waals surface area contributed by atoms with Crippen LogP contribution in [0.5, 0.6) is 0 Å². The number of aliphatic hydroxyl groups excluding tert-OH is 1. The van der Waals surface area contributed by atoms with Crippen molar-refractivity contribution in [2.24, 2.45) is 5.92 Å². The molecule has 96 valence electrons. The van der Waals surface area contributed by atoms with E-state index in [2.05, 4.69) is 27.7 Å². The Morgan fingerprint density at radius 3 is 3.06 bits per heavy atom. The molecular formula is C13H23N3O. The van der Waals surface area contributed by atoms with Crippen molar-refractivity contribution in [3.8, 4) is 0 Å². The monoisotopic (exact) mass is 237 g/mol. The molecule has 1 saturated heterocycles. The molecule has 2 rings (SSSR count). The Morgan fingerprint density at radius 2 is 2.35 bits per heavy atom. The molecule has 1 unspecified atom stereocenters. The molecule has 0 saturated carbocycles. The fraction of sp³-hybridized carbons (Fsp3) is 0.769. The second-order valence-electron chi connectivity index (χ2n) is 5.02. The molecule has 1 fully saturated rings. The number of aromatic nitrogens is 2. The van der Waals surface area contributed by atoms with Gasteiger partial charge in [-0.2, -0.15) is 5.10 Å². The number of hydrogen-bond acceptors (Lipinski definition) is 3. The highest BCUT2D eigenvalue weighted by Crippen LogP contribution is 2.18. The molecule has 4 nitrogen and oxygen atoms in total. The van der Waals surface area contributed by atoms with Crippen molar-refractivity contribution in [2.45, 2.75) is 39.8 Å². The fourth-order valence-corrected chi connectivity index (χ4v) is 2.67. The molecule has 0 radical (unpaired) electrons. The standard InChI is InChI=1S/C13H23N3O/c1-3-16-13(7-11(2)14-16)9-15-6-4-5-12(8-15)10-17/h7,12,17H,3-6,8-10H2,1-2H3. The molecule has 1 atom stereocenters.